The molecule has 1 aromatic rings. The Morgan fingerprint density at radius 2 is 2.03 bits per heavy atom. The number of rotatable bonds is 9. The van der Waals surface area contributed by atoms with Crippen LogP contribution in [-0.2, 0) is 19.6 Å². The van der Waals surface area contributed by atoms with Gasteiger partial charge >= 0.3 is 17.7 Å². The molecule has 0 aliphatic carbocycles. The Morgan fingerprint density at radius 3 is 2.55 bits per heavy atom. The monoisotopic (exact) mass is 491 g/mol. The molecule has 2 N–H and O–H groups in total. The summed E-state index contributed by atoms with van der Waals surface area (Å²) >= 11 is 0. The Kier molecular flexibility index (Phi) is 8.77. The lowest BCUT2D eigenvalue weighted by Gasteiger charge is -2.36. The second kappa shape index (κ2) is 10.6. The largest absolute Gasteiger partial charge is 0.449 e. The molecule has 2 rings (SSSR count). The first-order chi connectivity index (χ1) is 15.3. The molecule has 1 amide bonds. The van der Waals surface area contributed by atoms with Crippen molar-refractivity contribution in [3.8, 4) is 0 Å². The Morgan fingerprint density at radius 1 is 1.36 bits per heavy atom. The summed E-state index contributed by atoms with van der Waals surface area (Å²) in [4.78, 5) is 28.4. The van der Waals surface area contributed by atoms with Gasteiger partial charge in [0.2, 0.25) is 5.72 Å². The summed E-state index contributed by atoms with van der Waals surface area (Å²) in [5.74, 6) is -4.01. The van der Waals surface area contributed by atoms with Crippen LogP contribution in [0.1, 0.15) is 47.0 Å². The minimum absolute atomic E-state index is 0.153. The highest BCUT2D eigenvalue weighted by atomic mass is 28.3. The minimum Gasteiger partial charge on any atom is -0.449 e. The fraction of sp³-hybridized carbons (Fsp3) is 0.762. The van der Waals surface area contributed by atoms with Crippen molar-refractivity contribution in [3.05, 3.63) is 22.7 Å². The van der Waals surface area contributed by atoms with Crippen LogP contribution >= 0.6 is 0 Å². The third-order valence-corrected chi connectivity index (χ3v) is 6.20. The zero-order valence-electron chi connectivity index (χ0n) is 20.1. The molecule has 1 aliphatic heterocycles. The third kappa shape index (κ3) is 5.97. The standard InChI is InChI=1S/C21H35F2N3O6Si/c1-7-8-9-12-30-18(29)25-14-10-11-26(17(28)24-14)20(13-31-33(5)6)21(22,23)15(27)16(32-20)19(2,3)4/h10-11,15-16,27,33H,7-9,12-13H2,1-6H3,(H,24,25,28,29)/t15-,16+,20-/m1/s1. The highest BCUT2D eigenvalue weighted by Crippen LogP contribution is 2.51. The molecule has 3 atom stereocenters. The van der Waals surface area contributed by atoms with Gasteiger partial charge in [0.1, 0.15) is 11.9 Å². The predicted molar refractivity (Wildman–Crippen MR) is 121 cm³/mol. The lowest BCUT2D eigenvalue weighted by Crippen LogP contribution is -2.58. The molecule has 1 saturated heterocycles. The number of ether oxygens (including phenoxy) is 2. The number of nitrogens with zero attached hydrogens (tertiary/aromatic N) is 2. The van der Waals surface area contributed by atoms with E-state index in [1.54, 1.807) is 33.9 Å². The Balaban J connectivity index is 2.37. The normalized spacial score (nSPS) is 24.8. The molecule has 0 radical (unpaired) electrons. The fourth-order valence-corrected chi connectivity index (χ4v) is 4.09. The average Bonchev–Trinajstić information content (AvgIpc) is 2.91. The highest BCUT2D eigenvalue weighted by Gasteiger charge is 2.71. The summed E-state index contributed by atoms with van der Waals surface area (Å²) in [5, 5.41) is 12.8. The molecule has 0 saturated carbocycles. The smallest absolute Gasteiger partial charge is 0.412 e. The summed E-state index contributed by atoms with van der Waals surface area (Å²) < 4.78 is 48.1. The molecule has 0 bridgehead atoms. The molecule has 33 heavy (non-hydrogen) atoms. The number of anilines is 1. The van der Waals surface area contributed by atoms with Gasteiger partial charge in [0.15, 0.2) is 9.04 Å². The molecule has 1 aromatic heterocycles. The lowest BCUT2D eigenvalue weighted by atomic mass is 9.84. The number of amides is 1. The number of halogens is 2. The van der Waals surface area contributed by atoms with Gasteiger partial charge in [0.25, 0.3) is 0 Å². The zero-order chi connectivity index (χ0) is 25.0. The molecule has 188 valence electrons. The number of aliphatic hydroxyl groups is 1. The van der Waals surface area contributed by atoms with E-state index >= 15 is 8.78 Å². The predicted octanol–water partition coefficient (Wildman–Crippen LogP) is 3.08. The van der Waals surface area contributed by atoms with Crippen LogP contribution in [0.15, 0.2) is 17.1 Å². The van der Waals surface area contributed by atoms with Crippen LogP contribution in [0, 0.1) is 5.41 Å². The van der Waals surface area contributed by atoms with Crippen molar-refractivity contribution in [1.29, 1.82) is 0 Å². The summed E-state index contributed by atoms with van der Waals surface area (Å²) in [5.41, 5.74) is -4.53. The number of carbonyl (C=O) groups is 1. The highest BCUT2D eigenvalue weighted by molar-refractivity contribution is 6.48. The van der Waals surface area contributed by atoms with Crippen molar-refractivity contribution in [2.45, 2.75) is 83.9 Å². The number of hydrogen-bond acceptors (Lipinski definition) is 7. The second-order valence-electron chi connectivity index (χ2n) is 9.55. The van der Waals surface area contributed by atoms with Gasteiger partial charge in [-0.1, -0.05) is 40.5 Å². The first kappa shape index (κ1) is 27.4. The SMILES string of the molecule is CCCCCOC(=O)Nc1ccn([C@]2(CO[SiH](C)C)O[C@H](C(C)(C)C)[C@@H](O)C2(F)F)c(=O)n1. The summed E-state index contributed by atoms with van der Waals surface area (Å²) in [6.45, 7) is 10.1. The molecule has 2 heterocycles. The molecule has 0 unspecified atom stereocenters. The van der Waals surface area contributed by atoms with Crippen LogP contribution in [0.25, 0.3) is 0 Å². The summed E-state index contributed by atoms with van der Waals surface area (Å²) in [6, 6.07) is 1.19. The van der Waals surface area contributed by atoms with Crippen LogP contribution in [0.4, 0.5) is 19.4 Å². The van der Waals surface area contributed by atoms with E-state index in [1.165, 1.54) is 6.07 Å². The lowest BCUT2D eigenvalue weighted by molar-refractivity contribution is -0.237. The molecule has 0 spiro atoms. The molecule has 12 heteroatoms. The maximum absolute atomic E-state index is 15.6. The molecule has 1 fully saturated rings. The van der Waals surface area contributed by atoms with E-state index in [4.69, 9.17) is 13.9 Å². The van der Waals surface area contributed by atoms with E-state index < -0.39 is 56.7 Å². The number of hydrogen-bond donors (Lipinski definition) is 2. The number of carbonyl (C=O) groups excluding carboxylic acids is 1. The summed E-state index contributed by atoms with van der Waals surface area (Å²) in [6.07, 6.45) is -0.618. The van der Waals surface area contributed by atoms with E-state index in [-0.39, 0.29) is 12.4 Å². The van der Waals surface area contributed by atoms with Gasteiger partial charge in [-0.3, -0.25) is 9.88 Å². The van der Waals surface area contributed by atoms with Crippen molar-refractivity contribution in [1.82, 2.24) is 9.55 Å². The van der Waals surface area contributed by atoms with Crippen molar-refractivity contribution < 1.29 is 32.6 Å². The van der Waals surface area contributed by atoms with Gasteiger partial charge in [0.05, 0.1) is 19.3 Å². The Hall–Kier alpha value is -1.89. The van der Waals surface area contributed by atoms with Crippen molar-refractivity contribution in [2.24, 2.45) is 5.41 Å². The number of unbranched alkanes of at least 4 members (excludes halogenated alkanes) is 2. The van der Waals surface area contributed by atoms with Crippen LogP contribution in [0.5, 0.6) is 0 Å². The van der Waals surface area contributed by atoms with Crippen LogP contribution in [0.3, 0.4) is 0 Å². The van der Waals surface area contributed by atoms with Gasteiger partial charge in [-0.15, -0.1) is 0 Å². The van der Waals surface area contributed by atoms with Crippen LogP contribution in [0.2, 0.25) is 13.1 Å². The van der Waals surface area contributed by atoms with Crippen molar-refractivity contribution in [2.75, 3.05) is 18.5 Å². The average molecular weight is 492 g/mol. The second-order valence-corrected chi connectivity index (χ2v) is 12.0. The number of aliphatic hydroxyl groups excluding tert-OH is 1. The van der Waals surface area contributed by atoms with Gasteiger partial charge < -0.3 is 19.0 Å². The first-order valence-corrected chi connectivity index (χ1v) is 13.9. The zero-order valence-corrected chi connectivity index (χ0v) is 21.2. The Labute approximate surface area is 194 Å². The Bertz CT molecular complexity index is 876. The molecule has 9 nitrogen and oxygen atoms in total. The summed E-state index contributed by atoms with van der Waals surface area (Å²) in [7, 11) is -1.80. The van der Waals surface area contributed by atoms with Crippen LogP contribution in [-0.4, -0.2) is 61.1 Å². The molecular formula is C21H35F2N3O6Si. The minimum atomic E-state index is -3.85. The number of aromatic nitrogens is 2. The van der Waals surface area contributed by atoms with E-state index in [0.717, 1.165) is 19.0 Å². The van der Waals surface area contributed by atoms with Gasteiger partial charge in [-0.2, -0.15) is 13.8 Å². The topological polar surface area (TPSA) is 112 Å². The molecule has 1 aliphatic rings. The molecule has 0 aromatic carbocycles. The first-order valence-electron chi connectivity index (χ1n) is 11.2. The van der Waals surface area contributed by atoms with Crippen molar-refractivity contribution >= 4 is 21.0 Å². The van der Waals surface area contributed by atoms with Crippen molar-refractivity contribution in [3.63, 3.8) is 0 Å². The van der Waals surface area contributed by atoms with E-state index in [2.05, 4.69) is 10.3 Å². The van der Waals surface area contributed by atoms with Gasteiger partial charge in [-0.25, -0.2) is 9.59 Å². The van der Waals surface area contributed by atoms with Gasteiger partial charge in [0, 0.05) is 6.20 Å². The third-order valence-electron chi connectivity index (χ3n) is 5.37. The van der Waals surface area contributed by atoms with Crippen LogP contribution < -0.4 is 11.0 Å². The number of alkyl halides is 2. The number of nitrogens with one attached hydrogen (secondary N) is 1. The maximum Gasteiger partial charge on any atom is 0.412 e. The van der Waals surface area contributed by atoms with E-state index in [1.807, 2.05) is 6.92 Å². The van der Waals surface area contributed by atoms with Gasteiger partial charge in [-0.05, 0) is 31.0 Å². The fourth-order valence-electron chi connectivity index (χ4n) is 3.53. The quantitative estimate of drug-likeness (QED) is 0.403. The maximum atomic E-state index is 15.6. The van der Waals surface area contributed by atoms with E-state index in [0.29, 0.717) is 11.0 Å². The van der Waals surface area contributed by atoms with E-state index in [9.17, 15) is 14.7 Å². The molecular weight excluding hydrogens is 456 g/mol.